The largest absolute Gasteiger partial charge is 0.497 e. The van der Waals surface area contributed by atoms with Gasteiger partial charge in [-0.2, -0.15) is 5.10 Å². The van der Waals surface area contributed by atoms with Crippen molar-refractivity contribution in [3.8, 4) is 11.4 Å². The Morgan fingerprint density at radius 1 is 1.20 bits per heavy atom. The van der Waals surface area contributed by atoms with Gasteiger partial charge in [-0.3, -0.25) is 9.59 Å². The summed E-state index contributed by atoms with van der Waals surface area (Å²) in [6.45, 7) is 12.7. The van der Waals surface area contributed by atoms with E-state index in [1.165, 1.54) is 0 Å². The van der Waals surface area contributed by atoms with Crippen molar-refractivity contribution in [3.63, 3.8) is 0 Å². The van der Waals surface area contributed by atoms with Crippen molar-refractivity contribution in [2.45, 2.75) is 53.4 Å². The van der Waals surface area contributed by atoms with Gasteiger partial charge in [0, 0.05) is 24.4 Å². The second-order valence-corrected chi connectivity index (χ2v) is 8.84. The summed E-state index contributed by atoms with van der Waals surface area (Å²) >= 11 is 0. The van der Waals surface area contributed by atoms with Gasteiger partial charge in [0.2, 0.25) is 11.8 Å². The minimum Gasteiger partial charge on any atom is -0.497 e. The Bertz CT molecular complexity index is 864. The van der Waals surface area contributed by atoms with Gasteiger partial charge >= 0.3 is 0 Å². The molecule has 0 spiro atoms. The third-order valence-corrected chi connectivity index (χ3v) is 4.64. The predicted octanol–water partition coefficient (Wildman–Crippen LogP) is 4.01. The molecule has 2 aromatic rings. The molecule has 1 N–H and O–H groups in total. The number of carbonyl (C=O) groups excluding carboxylic acids is 2. The van der Waals surface area contributed by atoms with E-state index in [4.69, 9.17) is 9.84 Å². The van der Waals surface area contributed by atoms with Crippen LogP contribution in [0.4, 0.5) is 5.82 Å². The smallest absolute Gasteiger partial charge is 0.245 e. The lowest BCUT2D eigenvalue weighted by molar-refractivity contribution is -0.134. The van der Waals surface area contributed by atoms with Crippen LogP contribution in [0.2, 0.25) is 0 Å². The van der Waals surface area contributed by atoms with Crippen molar-refractivity contribution in [2.75, 3.05) is 25.5 Å². The molecule has 0 aliphatic heterocycles. The average molecular weight is 415 g/mol. The van der Waals surface area contributed by atoms with Gasteiger partial charge < -0.3 is 15.0 Å². The first kappa shape index (κ1) is 23.4. The standard InChI is InChI=1S/C23H34N4O3/c1-8-22(29)26(14-16(2)3)15-21(28)24-20-13-19(23(4,5)6)25-27(20)17-9-11-18(30-7)12-10-17/h9-13,16H,8,14-15H2,1-7H3,(H,24,28). The first-order chi connectivity index (χ1) is 14.0. The third-order valence-electron chi connectivity index (χ3n) is 4.64. The molecule has 1 aromatic carbocycles. The number of carbonyl (C=O) groups is 2. The number of methoxy groups -OCH3 is 1. The number of amides is 2. The van der Waals surface area contributed by atoms with Gasteiger partial charge in [-0.25, -0.2) is 4.68 Å². The van der Waals surface area contributed by atoms with Crippen molar-refractivity contribution in [3.05, 3.63) is 36.0 Å². The quantitative estimate of drug-likeness (QED) is 0.708. The van der Waals surface area contributed by atoms with Gasteiger partial charge in [-0.15, -0.1) is 0 Å². The first-order valence-corrected chi connectivity index (χ1v) is 10.4. The molecule has 1 heterocycles. The average Bonchev–Trinajstić information content (AvgIpc) is 3.10. The molecule has 0 bridgehead atoms. The SMILES string of the molecule is CCC(=O)N(CC(=O)Nc1cc(C(C)(C)C)nn1-c1ccc(OC)cc1)CC(C)C. The lowest BCUT2D eigenvalue weighted by Gasteiger charge is -2.23. The van der Waals surface area contributed by atoms with Gasteiger partial charge in [-0.05, 0) is 30.2 Å². The molecular formula is C23H34N4O3. The number of anilines is 1. The van der Waals surface area contributed by atoms with Gasteiger partial charge in [0.05, 0.1) is 25.0 Å². The lowest BCUT2D eigenvalue weighted by Crippen LogP contribution is -2.40. The van der Waals surface area contributed by atoms with Crippen LogP contribution in [0.5, 0.6) is 5.75 Å². The van der Waals surface area contributed by atoms with Crippen molar-refractivity contribution >= 4 is 17.6 Å². The highest BCUT2D eigenvalue weighted by Crippen LogP contribution is 2.27. The van der Waals surface area contributed by atoms with Crippen LogP contribution in [0, 0.1) is 5.92 Å². The van der Waals surface area contributed by atoms with Crippen molar-refractivity contribution in [1.29, 1.82) is 0 Å². The molecule has 0 unspecified atom stereocenters. The molecule has 0 radical (unpaired) electrons. The van der Waals surface area contributed by atoms with E-state index < -0.39 is 0 Å². The molecular weight excluding hydrogens is 380 g/mol. The first-order valence-electron chi connectivity index (χ1n) is 10.4. The van der Waals surface area contributed by atoms with E-state index in [1.54, 1.807) is 16.7 Å². The van der Waals surface area contributed by atoms with Crippen LogP contribution >= 0.6 is 0 Å². The van der Waals surface area contributed by atoms with Gasteiger partial charge in [0.15, 0.2) is 0 Å². The maximum Gasteiger partial charge on any atom is 0.245 e. The van der Waals surface area contributed by atoms with Crippen LogP contribution in [0.25, 0.3) is 5.69 Å². The van der Waals surface area contributed by atoms with Crippen LogP contribution in [0.1, 0.15) is 53.7 Å². The van der Waals surface area contributed by atoms with E-state index in [9.17, 15) is 9.59 Å². The molecule has 0 aliphatic rings. The summed E-state index contributed by atoms with van der Waals surface area (Å²) in [6, 6.07) is 9.36. The summed E-state index contributed by atoms with van der Waals surface area (Å²) in [4.78, 5) is 26.6. The van der Waals surface area contributed by atoms with Crippen molar-refractivity contribution in [1.82, 2.24) is 14.7 Å². The van der Waals surface area contributed by atoms with E-state index in [0.29, 0.717) is 18.8 Å². The fourth-order valence-electron chi connectivity index (χ4n) is 3.03. The van der Waals surface area contributed by atoms with E-state index in [-0.39, 0.29) is 29.7 Å². The Hall–Kier alpha value is -2.83. The van der Waals surface area contributed by atoms with Crippen LogP contribution < -0.4 is 10.1 Å². The van der Waals surface area contributed by atoms with Gasteiger partial charge in [0.25, 0.3) is 0 Å². The topological polar surface area (TPSA) is 76.5 Å². The fourth-order valence-corrected chi connectivity index (χ4v) is 3.03. The molecule has 0 aliphatic carbocycles. The normalized spacial score (nSPS) is 11.5. The molecule has 2 rings (SSSR count). The summed E-state index contributed by atoms with van der Waals surface area (Å²) in [5.74, 6) is 1.33. The highest BCUT2D eigenvalue weighted by Gasteiger charge is 2.23. The summed E-state index contributed by atoms with van der Waals surface area (Å²) in [5, 5.41) is 7.67. The molecule has 1 aromatic heterocycles. The van der Waals surface area contributed by atoms with E-state index in [2.05, 4.69) is 26.1 Å². The highest BCUT2D eigenvalue weighted by atomic mass is 16.5. The number of benzene rings is 1. The Morgan fingerprint density at radius 2 is 1.83 bits per heavy atom. The number of hydrogen-bond acceptors (Lipinski definition) is 4. The number of nitrogens with zero attached hydrogens (tertiary/aromatic N) is 3. The van der Waals surface area contributed by atoms with E-state index in [0.717, 1.165) is 17.1 Å². The molecule has 7 nitrogen and oxygen atoms in total. The van der Waals surface area contributed by atoms with Crippen LogP contribution in [-0.4, -0.2) is 46.7 Å². The minimum atomic E-state index is -0.243. The molecule has 30 heavy (non-hydrogen) atoms. The zero-order valence-corrected chi connectivity index (χ0v) is 19.2. The zero-order chi connectivity index (χ0) is 22.5. The predicted molar refractivity (Wildman–Crippen MR) is 119 cm³/mol. The van der Waals surface area contributed by atoms with Crippen molar-refractivity contribution in [2.24, 2.45) is 5.92 Å². The number of nitrogens with one attached hydrogen (secondary N) is 1. The second kappa shape index (κ2) is 9.78. The Morgan fingerprint density at radius 3 is 2.33 bits per heavy atom. The van der Waals surface area contributed by atoms with Crippen molar-refractivity contribution < 1.29 is 14.3 Å². The van der Waals surface area contributed by atoms with Crippen LogP contribution in [0.15, 0.2) is 30.3 Å². The second-order valence-electron chi connectivity index (χ2n) is 8.84. The number of rotatable bonds is 8. The Balaban J connectivity index is 2.31. The van der Waals surface area contributed by atoms with Crippen LogP contribution in [0.3, 0.4) is 0 Å². The van der Waals surface area contributed by atoms with Gasteiger partial charge in [-0.1, -0.05) is 41.5 Å². The summed E-state index contributed by atoms with van der Waals surface area (Å²) < 4.78 is 6.95. The Kier molecular flexibility index (Phi) is 7.65. The number of aromatic nitrogens is 2. The number of hydrogen-bond donors (Lipinski definition) is 1. The van der Waals surface area contributed by atoms with E-state index >= 15 is 0 Å². The molecule has 164 valence electrons. The molecule has 0 atom stereocenters. The molecule has 0 saturated carbocycles. The summed E-state index contributed by atoms with van der Waals surface area (Å²) in [5.41, 5.74) is 1.49. The molecule has 2 amide bonds. The highest BCUT2D eigenvalue weighted by molar-refractivity contribution is 5.94. The van der Waals surface area contributed by atoms with Crippen LogP contribution in [-0.2, 0) is 15.0 Å². The molecule has 0 fully saturated rings. The van der Waals surface area contributed by atoms with Gasteiger partial charge in [0.1, 0.15) is 11.6 Å². The maximum absolute atomic E-state index is 12.8. The number of ether oxygens (including phenoxy) is 1. The summed E-state index contributed by atoms with van der Waals surface area (Å²) in [7, 11) is 1.62. The molecule has 0 saturated heterocycles. The zero-order valence-electron chi connectivity index (χ0n) is 19.2. The fraction of sp³-hybridized carbons (Fsp3) is 0.522. The molecule has 7 heteroatoms. The Labute approximate surface area is 179 Å². The minimum absolute atomic E-state index is 0.0174. The summed E-state index contributed by atoms with van der Waals surface area (Å²) in [6.07, 6.45) is 0.373. The maximum atomic E-state index is 12.8. The lowest BCUT2D eigenvalue weighted by atomic mass is 9.92. The monoisotopic (exact) mass is 414 g/mol. The van der Waals surface area contributed by atoms with E-state index in [1.807, 2.05) is 51.1 Å². The third kappa shape index (κ3) is 6.08.